The zero-order valence-corrected chi connectivity index (χ0v) is 8.26. The van der Waals surface area contributed by atoms with Gasteiger partial charge in [0.05, 0.1) is 5.60 Å². The Morgan fingerprint density at radius 1 is 1.38 bits per heavy atom. The lowest BCUT2D eigenvalue weighted by atomic mass is 9.92. The standard InChI is InChI=1S/C11H15FO/c1-4-11(3,13)9-5-8(2)6-10(12)7-9/h5-7,13H,4H2,1-3H3. The molecule has 0 aliphatic carbocycles. The Morgan fingerprint density at radius 3 is 2.46 bits per heavy atom. The molecule has 1 N–H and O–H groups in total. The van der Waals surface area contributed by atoms with E-state index in [0.717, 1.165) is 5.56 Å². The van der Waals surface area contributed by atoms with Crippen LogP contribution in [0.25, 0.3) is 0 Å². The topological polar surface area (TPSA) is 20.2 Å². The monoisotopic (exact) mass is 182 g/mol. The molecular weight excluding hydrogens is 167 g/mol. The molecule has 0 heterocycles. The lowest BCUT2D eigenvalue weighted by molar-refractivity contribution is 0.0527. The summed E-state index contributed by atoms with van der Waals surface area (Å²) in [7, 11) is 0. The Hall–Kier alpha value is -0.890. The molecule has 0 aliphatic rings. The average molecular weight is 182 g/mol. The number of hydrogen-bond donors (Lipinski definition) is 1. The number of halogens is 1. The first-order valence-electron chi connectivity index (χ1n) is 4.46. The molecule has 0 aromatic heterocycles. The fraction of sp³-hybridized carbons (Fsp3) is 0.455. The van der Waals surface area contributed by atoms with Crippen LogP contribution in [0.5, 0.6) is 0 Å². The van der Waals surface area contributed by atoms with Gasteiger partial charge in [0.2, 0.25) is 0 Å². The number of aryl methyl sites for hydroxylation is 1. The van der Waals surface area contributed by atoms with Gasteiger partial charge in [0.15, 0.2) is 0 Å². The first-order chi connectivity index (χ1) is 5.95. The fourth-order valence-electron chi connectivity index (χ4n) is 1.25. The third-order valence-corrected chi connectivity index (χ3v) is 2.35. The molecular formula is C11H15FO. The molecule has 72 valence electrons. The summed E-state index contributed by atoms with van der Waals surface area (Å²) in [5, 5.41) is 9.88. The van der Waals surface area contributed by atoms with Crippen molar-refractivity contribution in [1.82, 2.24) is 0 Å². The summed E-state index contributed by atoms with van der Waals surface area (Å²) in [4.78, 5) is 0. The van der Waals surface area contributed by atoms with Crippen molar-refractivity contribution in [2.75, 3.05) is 0 Å². The van der Waals surface area contributed by atoms with Crippen LogP contribution in [-0.4, -0.2) is 5.11 Å². The van der Waals surface area contributed by atoms with Crippen LogP contribution in [0, 0.1) is 12.7 Å². The number of hydrogen-bond acceptors (Lipinski definition) is 1. The van der Waals surface area contributed by atoms with E-state index in [2.05, 4.69) is 0 Å². The molecule has 0 saturated heterocycles. The van der Waals surface area contributed by atoms with E-state index in [1.54, 1.807) is 6.92 Å². The molecule has 1 rings (SSSR count). The van der Waals surface area contributed by atoms with Crippen molar-refractivity contribution in [3.05, 3.63) is 35.1 Å². The van der Waals surface area contributed by atoms with Gasteiger partial charge in [-0.15, -0.1) is 0 Å². The van der Waals surface area contributed by atoms with Crippen LogP contribution in [0.3, 0.4) is 0 Å². The van der Waals surface area contributed by atoms with E-state index in [1.807, 2.05) is 19.9 Å². The smallest absolute Gasteiger partial charge is 0.123 e. The molecule has 0 amide bonds. The maximum atomic E-state index is 13.0. The van der Waals surface area contributed by atoms with Crippen molar-refractivity contribution in [2.45, 2.75) is 32.8 Å². The highest BCUT2D eigenvalue weighted by atomic mass is 19.1. The highest BCUT2D eigenvalue weighted by molar-refractivity contribution is 5.27. The predicted octanol–water partition coefficient (Wildman–Crippen LogP) is 2.75. The van der Waals surface area contributed by atoms with Crippen LogP contribution in [0.15, 0.2) is 18.2 Å². The largest absolute Gasteiger partial charge is 0.385 e. The molecule has 0 saturated carbocycles. The van der Waals surface area contributed by atoms with Crippen molar-refractivity contribution in [3.8, 4) is 0 Å². The minimum absolute atomic E-state index is 0.288. The highest BCUT2D eigenvalue weighted by Crippen LogP contribution is 2.25. The number of benzene rings is 1. The van der Waals surface area contributed by atoms with Crippen molar-refractivity contribution in [2.24, 2.45) is 0 Å². The number of aliphatic hydroxyl groups is 1. The molecule has 1 aromatic carbocycles. The third-order valence-electron chi connectivity index (χ3n) is 2.35. The Labute approximate surface area is 78.2 Å². The van der Waals surface area contributed by atoms with Gasteiger partial charge >= 0.3 is 0 Å². The van der Waals surface area contributed by atoms with Crippen LogP contribution in [-0.2, 0) is 5.60 Å². The Balaban J connectivity index is 3.15. The predicted molar refractivity (Wildman–Crippen MR) is 51.0 cm³/mol. The van der Waals surface area contributed by atoms with E-state index in [-0.39, 0.29) is 5.82 Å². The summed E-state index contributed by atoms with van der Waals surface area (Å²) in [6.45, 7) is 5.39. The first kappa shape index (κ1) is 10.2. The fourth-order valence-corrected chi connectivity index (χ4v) is 1.25. The Bertz CT molecular complexity index is 285. The summed E-state index contributed by atoms with van der Waals surface area (Å²) in [5.74, 6) is -0.288. The van der Waals surface area contributed by atoms with Gasteiger partial charge in [0.25, 0.3) is 0 Å². The van der Waals surface area contributed by atoms with E-state index in [9.17, 15) is 9.50 Å². The van der Waals surface area contributed by atoms with Crippen LogP contribution in [0.2, 0.25) is 0 Å². The van der Waals surface area contributed by atoms with E-state index >= 15 is 0 Å². The minimum Gasteiger partial charge on any atom is -0.385 e. The van der Waals surface area contributed by atoms with E-state index in [0.29, 0.717) is 12.0 Å². The van der Waals surface area contributed by atoms with Gasteiger partial charge in [-0.2, -0.15) is 0 Å². The normalized spacial score (nSPS) is 15.5. The van der Waals surface area contributed by atoms with Crippen LogP contribution < -0.4 is 0 Å². The van der Waals surface area contributed by atoms with E-state index in [1.165, 1.54) is 12.1 Å². The maximum Gasteiger partial charge on any atom is 0.123 e. The van der Waals surface area contributed by atoms with E-state index in [4.69, 9.17) is 0 Å². The van der Waals surface area contributed by atoms with Crippen LogP contribution in [0.1, 0.15) is 31.4 Å². The quantitative estimate of drug-likeness (QED) is 0.745. The molecule has 13 heavy (non-hydrogen) atoms. The van der Waals surface area contributed by atoms with Crippen LogP contribution in [0.4, 0.5) is 4.39 Å². The molecule has 0 bridgehead atoms. The minimum atomic E-state index is -0.924. The molecule has 0 radical (unpaired) electrons. The van der Waals surface area contributed by atoms with Crippen molar-refractivity contribution in [1.29, 1.82) is 0 Å². The summed E-state index contributed by atoms with van der Waals surface area (Å²) in [6, 6.07) is 4.65. The summed E-state index contributed by atoms with van der Waals surface area (Å²) in [6.07, 6.45) is 0.579. The molecule has 1 atom stereocenters. The molecule has 0 fully saturated rings. The molecule has 1 aromatic rings. The summed E-state index contributed by atoms with van der Waals surface area (Å²) >= 11 is 0. The Kier molecular flexibility index (Phi) is 2.71. The Morgan fingerprint density at radius 2 is 2.00 bits per heavy atom. The van der Waals surface area contributed by atoms with Crippen LogP contribution >= 0.6 is 0 Å². The van der Waals surface area contributed by atoms with Crippen molar-refractivity contribution in [3.63, 3.8) is 0 Å². The van der Waals surface area contributed by atoms with Gasteiger partial charge < -0.3 is 5.11 Å². The van der Waals surface area contributed by atoms with Gasteiger partial charge in [0.1, 0.15) is 5.82 Å². The van der Waals surface area contributed by atoms with Crippen molar-refractivity contribution >= 4 is 0 Å². The molecule has 0 spiro atoms. The molecule has 1 unspecified atom stereocenters. The van der Waals surface area contributed by atoms with Gasteiger partial charge in [-0.05, 0) is 43.5 Å². The van der Waals surface area contributed by atoms with Gasteiger partial charge in [-0.3, -0.25) is 0 Å². The zero-order chi connectivity index (χ0) is 10.1. The molecule has 1 nitrogen and oxygen atoms in total. The molecule has 0 aliphatic heterocycles. The third kappa shape index (κ3) is 2.28. The zero-order valence-electron chi connectivity index (χ0n) is 8.26. The van der Waals surface area contributed by atoms with Gasteiger partial charge in [-0.1, -0.05) is 13.0 Å². The second-order valence-electron chi connectivity index (χ2n) is 3.64. The lowest BCUT2D eigenvalue weighted by Crippen LogP contribution is -2.19. The summed E-state index contributed by atoms with van der Waals surface area (Å²) in [5.41, 5.74) is 0.559. The first-order valence-corrected chi connectivity index (χ1v) is 4.46. The second-order valence-corrected chi connectivity index (χ2v) is 3.64. The van der Waals surface area contributed by atoms with Gasteiger partial charge in [-0.25, -0.2) is 4.39 Å². The average Bonchev–Trinajstić information content (AvgIpc) is 2.02. The van der Waals surface area contributed by atoms with Gasteiger partial charge in [0, 0.05) is 0 Å². The summed E-state index contributed by atoms with van der Waals surface area (Å²) < 4.78 is 13.0. The molecule has 2 heteroatoms. The van der Waals surface area contributed by atoms with E-state index < -0.39 is 5.60 Å². The second kappa shape index (κ2) is 3.46. The maximum absolute atomic E-state index is 13.0. The lowest BCUT2D eigenvalue weighted by Gasteiger charge is -2.22. The SMILES string of the molecule is CCC(C)(O)c1cc(C)cc(F)c1. The van der Waals surface area contributed by atoms with Crippen molar-refractivity contribution < 1.29 is 9.50 Å². The highest BCUT2D eigenvalue weighted by Gasteiger charge is 2.20. The number of rotatable bonds is 2.